The highest BCUT2D eigenvalue weighted by molar-refractivity contribution is 7.53. The van der Waals surface area contributed by atoms with Gasteiger partial charge in [-0.3, -0.25) is 0 Å². The molecule has 0 aliphatic heterocycles. The van der Waals surface area contributed by atoms with E-state index < -0.39 is 7.60 Å². The van der Waals surface area contributed by atoms with Crippen LogP contribution in [0.5, 0.6) is 5.75 Å². The van der Waals surface area contributed by atoms with Crippen LogP contribution in [0.4, 0.5) is 0 Å². The third-order valence-corrected chi connectivity index (χ3v) is 6.64. The van der Waals surface area contributed by atoms with Crippen molar-refractivity contribution in [3.8, 4) is 5.75 Å². The van der Waals surface area contributed by atoms with Crippen molar-refractivity contribution in [1.29, 1.82) is 0 Å². The summed E-state index contributed by atoms with van der Waals surface area (Å²) < 4.78 is 17.8. The highest BCUT2D eigenvalue weighted by atomic mass is 31.2. The average Bonchev–Trinajstić information content (AvgIpc) is 2.68. The Hall–Kier alpha value is -1.31. The van der Waals surface area contributed by atoms with E-state index in [0.717, 1.165) is 30.0 Å². The standard InChI is InChI=1S/C24H37O3P/c1-2-3-4-5-6-7-8-9-10-11-12-15-20-28(25,26)27-24-19-18-22-16-13-14-17-23(22)21-24/h13-14,16-19,21H,2-12,15,20H2,1H3,(H,25,26). The Labute approximate surface area is 171 Å². The lowest BCUT2D eigenvalue weighted by Crippen LogP contribution is -1.97. The Balaban J connectivity index is 1.54. The first-order chi connectivity index (χ1) is 13.6. The predicted octanol–water partition coefficient (Wildman–Crippen LogP) is 8.11. The molecule has 4 heteroatoms. The molecule has 2 aromatic carbocycles. The van der Waals surface area contributed by atoms with Gasteiger partial charge in [-0.25, -0.2) is 4.57 Å². The van der Waals surface area contributed by atoms with Crippen LogP contribution in [0.15, 0.2) is 42.5 Å². The minimum absolute atomic E-state index is 0.233. The van der Waals surface area contributed by atoms with Crippen LogP contribution < -0.4 is 4.52 Å². The zero-order chi connectivity index (χ0) is 20.1. The molecule has 1 unspecified atom stereocenters. The molecule has 28 heavy (non-hydrogen) atoms. The number of fused-ring (bicyclic) bond motifs is 1. The van der Waals surface area contributed by atoms with Crippen LogP contribution in [0, 0.1) is 0 Å². The molecule has 0 bridgehead atoms. The lowest BCUT2D eigenvalue weighted by atomic mass is 10.1. The van der Waals surface area contributed by atoms with Gasteiger partial charge in [-0.1, -0.05) is 108 Å². The Bertz CT molecular complexity index is 729. The van der Waals surface area contributed by atoms with Gasteiger partial charge in [0.25, 0.3) is 0 Å². The van der Waals surface area contributed by atoms with Crippen LogP contribution >= 0.6 is 7.60 Å². The van der Waals surface area contributed by atoms with Crippen LogP contribution in [-0.2, 0) is 4.57 Å². The Morgan fingerprint density at radius 2 is 1.29 bits per heavy atom. The van der Waals surface area contributed by atoms with E-state index in [0.29, 0.717) is 5.75 Å². The molecule has 0 heterocycles. The van der Waals surface area contributed by atoms with Gasteiger partial charge in [-0.2, -0.15) is 0 Å². The third-order valence-electron chi connectivity index (χ3n) is 5.26. The summed E-state index contributed by atoms with van der Waals surface area (Å²) in [5.41, 5.74) is 0. The van der Waals surface area contributed by atoms with E-state index in [2.05, 4.69) is 6.92 Å². The molecule has 2 aromatic rings. The second kappa shape index (κ2) is 13.0. The molecule has 1 atom stereocenters. The molecular weight excluding hydrogens is 367 g/mol. The molecule has 3 nitrogen and oxygen atoms in total. The van der Waals surface area contributed by atoms with Gasteiger partial charge in [0.2, 0.25) is 0 Å². The first kappa shape index (κ1) is 23.0. The highest BCUT2D eigenvalue weighted by Gasteiger charge is 2.20. The van der Waals surface area contributed by atoms with Gasteiger partial charge >= 0.3 is 7.60 Å². The van der Waals surface area contributed by atoms with E-state index >= 15 is 0 Å². The van der Waals surface area contributed by atoms with E-state index in [1.54, 1.807) is 6.07 Å². The number of hydrogen-bond donors (Lipinski definition) is 1. The van der Waals surface area contributed by atoms with Crippen molar-refractivity contribution in [2.75, 3.05) is 6.16 Å². The zero-order valence-electron chi connectivity index (χ0n) is 17.4. The summed E-state index contributed by atoms with van der Waals surface area (Å²) in [6.07, 6.45) is 15.2. The fraction of sp³-hybridized carbons (Fsp3) is 0.583. The van der Waals surface area contributed by atoms with E-state index in [4.69, 9.17) is 4.52 Å². The number of unbranched alkanes of at least 4 members (excludes halogenated alkanes) is 11. The van der Waals surface area contributed by atoms with Crippen molar-refractivity contribution in [2.24, 2.45) is 0 Å². The molecule has 0 aliphatic rings. The molecule has 2 rings (SSSR count). The molecule has 0 spiro atoms. The molecule has 0 aliphatic carbocycles. The minimum Gasteiger partial charge on any atom is -0.424 e. The van der Waals surface area contributed by atoms with Crippen molar-refractivity contribution in [2.45, 2.75) is 84.0 Å². The first-order valence-electron chi connectivity index (χ1n) is 11.1. The summed E-state index contributed by atoms with van der Waals surface area (Å²) in [4.78, 5) is 10.1. The smallest absolute Gasteiger partial charge is 0.376 e. The van der Waals surface area contributed by atoms with Gasteiger partial charge in [0, 0.05) is 0 Å². The Morgan fingerprint density at radius 1 is 0.750 bits per heavy atom. The van der Waals surface area contributed by atoms with Crippen LogP contribution in [0.2, 0.25) is 0 Å². The number of hydrogen-bond acceptors (Lipinski definition) is 2. The molecule has 156 valence electrons. The topological polar surface area (TPSA) is 46.5 Å². The van der Waals surface area contributed by atoms with Crippen molar-refractivity contribution < 1.29 is 14.0 Å². The zero-order valence-corrected chi connectivity index (χ0v) is 18.3. The molecular formula is C24H37O3P. The van der Waals surface area contributed by atoms with Gasteiger partial charge < -0.3 is 9.42 Å². The highest BCUT2D eigenvalue weighted by Crippen LogP contribution is 2.44. The van der Waals surface area contributed by atoms with Gasteiger partial charge in [-0.05, 0) is 29.3 Å². The van der Waals surface area contributed by atoms with Gasteiger partial charge in [0.1, 0.15) is 5.75 Å². The first-order valence-corrected chi connectivity index (χ1v) is 12.9. The summed E-state index contributed by atoms with van der Waals surface area (Å²) in [5.74, 6) is 0.475. The van der Waals surface area contributed by atoms with Crippen LogP contribution in [0.25, 0.3) is 10.8 Å². The lowest BCUT2D eigenvalue weighted by Gasteiger charge is -2.14. The minimum atomic E-state index is -3.57. The summed E-state index contributed by atoms with van der Waals surface area (Å²) in [5, 5.41) is 2.12. The molecule has 0 radical (unpaired) electrons. The summed E-state index contributed by atoms with van der Waals surface area (Å²) in [6, 6.07) is 13.5. The van der Waals surface area contributed by atoms with Gasteiger partial charge in [0.05, 0.1) is 6.16 Å². The van der Waals surface area contributed by atoms with Gasteiger partial charge in [-0.15, -0.1) is 0 Å². The predicted molar refractivity (Wildman–Crippen MR) is 120 cm³/mol. The average molecular weight is 405 g/mol. The SMILES string of the molecule is CCCCCCCCCCCCCCP(=O)(O)Oc1ccc2ccccc2c1. The van der Waals surface area contributed by atoms with Crippen molar-refractivity contribution in [3.63, 3.8) is 0 Å². The Kier molecular flexibility index (Phi) is 10.7. The maximum atomic E-state index is 12.3. The second-order valence-corrected chi connectivity index (χ2v) is 9.76. The molecule has 0 saturated carbocycles. The fourth-order valence-electron chi connectivity index (χ4n) is 3.59. The van der Waals surface area contributed by atoms with E-state index in [-0.39, 0.29) is 6.16 Å². The normalized spacial score (nSPS) is 13.5. The van der Waals surface area contributed by atoms with Gasteiger partial charge in [0.15, 0.2) is 0 Å². The third kappa shape index (κ3) is 9.26. The van der Waals surface area contributed by atoms with Crippen molar-refractivity contribution >= 4 is 18.4 Å². The van der Waals surface area contributed by atoms with Crippen molar-refractivity contribution in [3.05, 3.63) is 42.5 Å². The molecule has 1 N–H and O–H groups in total. The summed E-state index contributed by atoms with van der Waals surface area (Å²) in [7, 11) is -3.57. The quantitative estimate of drug-likeness (QED) is 0.241. The molecule has 0 fully saturated rings. The van der Waals surface area contributed by atoms with Crippen LogP contribution in [-0.4, -0.2) is 11.1 Å². The summed E-state index contributed by atoms with van der Waals surface area (Å²) >= 11 is 0. The van der Waals surface area contributed by atoms with Crippen LogP contribution in [0.1, 0.15) is 84.0 Å². The Morgan fingerprint density at radius 3 is 1.89 bits per heavy atom. The maximum Gasteiger partial charge on any atom is 0.376 e. The number of rotatable bonds is 15. The van der Waals surface area contributed by atoms with E-state index in [1.165, 1.54) is 57.8 Å². The van der Waals surface area contributed by atoms with Crippen LogP contribution in [0.3, 0.4) is 0 Å². The summed E-state index contributed by atoms with van der Waals surface area (Å²) in [6.45, 7) is 2.26. The number of benzene rings is 2. The monoisotopic (exact) mass is 404 g/mol. The maximum absolute atomic E-state index is 12.3. The fourth-order valence-corrected chi connectivity index (χ4v) is 4.74. The molecule has 0 aromatic heterocycles. The lowest BCUT2D eigenvalue weighted by molar-refractivity contribution is 0.377. The molecule has 0 saturated heterocycles. The molecule has 0 amide bonds. The largest absolute Gasteiger partial charge is 0.424 e. The second-order valence-electron chi connectivity index (χ2n) is 7.85. The van der Waals surface area contributed by atoms with E-state index in [1.807, 2.05) is 36.4 Å². The van der Waals surface area contributed by atoms with E-state index in [9.17, 15) is 9.46 Å². The van der Waals surface area contributed by atoms with Crippen molar-refractivity contribution in [1.82, 2.24) is 0 Å².